The van der Waals surface area contributed by atoms with Gasteiger partial charge in [0.1, 0.15) is 5.69 Å². The number of nitrogens with zero attached hydrogens (tertiary/aromatic N) is 2. The Morgan fingerprint density at radius 1 is 1.57 bits per heavy atom. The molecule has 1 aromatic rings. The first-order chi connectivity index (χ1) is 6.63. The number of nitrogens with two attached hydrogens (primary N) is 1. The zero-order valence-corrected chi connectivity index (χ0v) is 8.33. The van der Waals surface area contributed by atoms with Crippen molar-refractivity contribution in [2.24, 2.45) is 7.05 Å². The fraction of sp³-hybridized carbons (Fsp3) is 0.667. The van der Waals surface area contributed by atoms with Gasteiger partial charge in [-0.3, -0.25) is 4.68 Å². The lowest BCUT2D eigenvalue weighted by molar-refractivity contribution is 0.0238. The normalized spacial score (nSPS) is 26.2. The van der Waals surface area contributed by atoms with E-state index in [9.17, 15) is 4.39 Å². The number of rotatable bonds is 2. The lowest BCUT2D eigenvalue weighted by Gasteiger charge is -2.32. The summed E-state index contributed by atoms with van der Waals surface area (Å²) in [7, 11) is 3.32. The van der Waals surface area contributed by atoms with E-state index >= 15 is 0 Å². The van der Waals surface area contributed by atoms with Gasteiger partial charge in [-0.1, -0.05) is 0 Å². The molecule has 0 unspecified atom stereocenters. The summed E-state index contributed by atoms with van der Waals surface area (Å²) < 4.78 is 20.0. The molecule has 2 N–H and O–H groups in total. The first-order valence-electron chi connectivity index (χ1n) is 4.64. The molecule has 0 amide bonds. The Balaban J connectivity index is 2.15. The molecule has 1 aliphatic rings. The van der Waals surface area contributed by atoms with Gasteiger partial charge in [0.2, 0.25) is 0 Å². The third-order valence-corrected chi connectivity index (χ3v) is 2.87. The van der Waals surface area contributed by atoms with E-state index < -0.39 is 0 Å². The minimum atomic E-state index is -0.368. The summed E-state index contributed by atoms with van der Waals surface area (Å²) in [5, 5.41) is 4.06. The highest BCUT2D eigenvalue weighted by Gasteiger charge is 2.35. The second-order valence-electron chi connectivity index (χ2n) is 3.73. The average molecular weight is 199 g/mol. The van der Waals surface area contributed by atoms with Crippen LogP contribution in [0.5, 0.6) is 0 Å². The quantitative estimate of drug-likeness (QED) is 0.774. The van der Waals surface area contributed by atoms with Crippen LogP contribution in [0.3, 0.4) is 0 Å². The van der Waals surface area contributed by atoms with Crippen molar-refractivity contribution in [3.8, 4) is 0 Å². The second kappa shape index (κ2) is 3.24. The smallest absolute Gasteiger partial charge is 0.188 e. The van der Waals surface area contributed by atoms with E-state index in [2.05, 4.69) is 5.10 Å². The van der Waals surface area contributed by atoms with E-state index in [1.807, 2.05) is 0 Å². The molecular weight excluding hydrogens is 185 g/mol. The fourth-order valence-electron chi connectivity index (χ4n) is 1.77. The molecule has 5 heteroatoms. The second-order valence-corrected chi connectivity index (χ2v) is 3.73. The predicted octanol–water partition coefficient (Wildman–Crippen LogP) is 1.03. The molecule has 0 bridgehead atoms. The van der Waals surface area contributed by atoms with Crippen LogP contribution in [-0.2, 0) is 11.8 Å². The van der Waals surface area contributed by atoms with Gasteiger partial charge in [0.15, 0.2) is 11.6 Å². The summed E-state index contributed by atoms with van der Waals surface area (Å²) in [5.41, 5.74) is 5.97. The summed E-state index contributed by atoms with van der Waals surface area (Å²) in [6.07, 6.45) is 1.93. The molecule has 0 aromatic carbocycles. The van der Waals surface area contributed by atoms with Crippen molar-refractivity contribution in [2.75, 3.05) is 12.8 Å². The molecule has 1 fully saturated rings. The van der Waals surface area contributed by atoms with Crippen LogP contribution in [0.25, 0.3) is 0 Å². The Hall–Kier alpha value is -1.10. The molecule has 1 aromatic heterocycles. The van der Waals surface area contributed by atoms with Crippen LogP contribution in [0.2, 0.25) is 0 Å². The molecule has 1 heterocycles. The maximum absolute atomic E-state index is 13.5. The first kappa shape index (κ1) is 9.45. The predicted molar refractivity (Wildman–Crippen MR) is 50.4 cm³/mol. The molecule has 0 spiro atoms. The number of aromatic nitrogens is 2. The molecule has 2 rings (SSSR count). The van der Waals surface area contributed by atoms with Crippen LogP contribution in [0.1, 0.15) is 24.5 Å². The summed E-state index contributed by atoms with van der Waals surface area (Å²) in [4.78, 5) is 0. The topological polar surface area (TPSA) is 53.1 Å². The van der Waals surface area contributed by atoms with Crippen LogP contribution in [0.15, 0.2) is 0 Å². The number of halogens is 1. The summed E-state index contributed by atoms with van der Waals surface area (Å²) in [6.45, 7) is 0. The standard InChI is InChI=1S/C9H14FN3O/c1-13-9(11)7(10)8(12-13)5-3-6(4-5)14-2/h5-6H,3-4,11H2,1-2H3. The maximum atomic E-state index is 13.5. The Morgan fingerprint density at radius 2 is 2.21 bits per heavy atom. The van der Waals surface area contributed by atoms with Gasteiger partial charge in [-0.05, 0) is 12.8 Å². The van der Waals surface area contributed by atoms with E-state index in [1.54, 1.807) is 14.2 Å². The Kier molecular flexibility index (Phi) is 2.19. The number of hydrogen-bond donors (Lipinski definition) is 1. The van der Waals surface area contributed by atoms with E-state index in [0.717, 1.165) is 12.8 Å². The molecule has 14 heavy (non-hydrogen) atoms. The molecular formula is C9H14FN3O. The summed E-state index contributed by atoms with van der Waals surface area (Å²) in [5.74, 6) is -0.0867. The van der Waals surface area contributed by atoms with Gasteiger partial charge in [-0.15, -0.1) is 0 Å². The van der Waals surface area contributed by atoms with Crippen LogP contribution in [0.4, 0.5) is 10.2 Å². The minimum absolute atomic E-state index is 0.112. The third kappa shape index (κ3) is 1.28. The number of hydrogen-bond acceptors (Lipinski definition) is 3. The van der Waals surface area contributed by atoms with Crippen molar-refractivity contribution in [3.63, 3.8) is 0 Å². The van der Waals surface area contributed by atoms with Gasteiger partial charge in [-0.25, -0.2) is 4.39 Å². The zero-order valence-electron chi connectivity index (χ0n) is 8.33. The third-order valence-electron chi connectivity index (χ3n) is 2.87. The largest absolute Gasteiger partial charge is 0.381 e. The molecule has 0 saturated heterocycles. The monoisotopic (exact) mass is 199 g/mol. The van der Waals surface area contributed by atoms with E-state index in [1.165, 1.54) is 4.68 Å². The number of aryl methyl sites for hydroxylation is 1. The van der Waals surface area contributed by atoms with Crippen molar-refractivity contribution in [1.29, 1.82) is 0 Å². The highest BCUT2D eigenvalue weighted by molar-refractivity contribution is 5.35. The molecule has 1 aliphatic carbocycles. The minimum Gasteiger partial charge on any atom is -0.381 e. The highest BCUT2D eigenvalue weighted by Crippen LogP contribution is 2.39. The number of methoxy groups -OCH3 is 1. The molecule has 0 aliphatic heterocycles. The zero-order chi connectivity index (χ0) is 10.3. The highest BCUT2D eigenvalue weighted by atomic mass is 19.1. The van der Waals surface area contributed by atoms with Crippen LogP contribution >= 0.6 is 0 Å². The Bertz CT molecular complexity index is 344. The fourth-order valence-corrected chi connectivity index (χ4v) is 1.77. The number of anilines is 1. The van der Waals surface area contributed by atoms with Crippen LogP contribution in [-0.4, -0.2) is 23.0 Å². The van der Waals surface area contributed by atoms with Crippen molar-refractivity contribution in [3.05, 3.63) is 11.5 Å². The lowest BCUT2D eigenvalue weighted by Crippen LogP contribution is -2.29. The van der Waals surface area contributed by atoms with E-state index in [4.69, 9.17) is 10.5 Å². The molecule has 0 radical (unpaired) electrons. The summed E-state index contributed by atoms with van der Waals surface area (Å²) in [6, 6.07) is 0. The number of nitrogen functional groups attached to an aromatic ring is 1. The number of ether oxygens (including phenoxy) is 1. The van der Waals surface area contributed by atoms with Gasteiger partial charge in [0.25, 0.3) is 0 Å². The maximum Gasteiger partial charge on any atom is 0.188 e. The van der Waals surface area contributed by atoms with Gasteiger partial charge in [-0.2, -0.15) is 5.10 Å². The van der Waals surface area contributed by atoms with Gasteiger partial charge >= 0.3 is 0 Å². The van der Waals surface area contributed by atoms with Crippen LogP contribution in [0, 0.1) is 5.82 Å². The van der Waals surface area contributed by atoms with Gasteiger partial charge in [0.05, 0.1) is 6.10 Å². The molecule has 0 atom stereocenters. The van der Waals surface area contributed by atoms with E-state index in [0.29, 0.717) is 5.69 Å². The van der Waals surface area contributed by atoms with Crippen molar-refractivity contribution >= 4 is 5.82 Å². The Labute approximate surface area is 81.8 Å². The first-order valence-corrected chi connectivity index (χ1v) is 4.64. The van der Waals surface area contributed by atoms with Crippen molar-refractivity contribution in [2.45, 2.75) is 24.9 Å². The van der Waals surface area contributed by atoms with Gasteiger partial charge < -0.3 is 10.5 Å². The molecule has 1 saturated carbocycles. The van der Waals surface area contributed by atoms with E-state index in [-0.39, 0.29) is 23.7 Å². The van der Waals surface area contributed by atoms with Crippen LogP contribution < -0.4 is 5.73 Å². The van der Waals surface area contributed by atoms with Crippen molar-refractivity contribution < 1.29 is 9.13 Å². The SMILES string of the molecule is COC1CC(c2nn(C)c(N)c2F)C1. The van der Waals surface area contributed by atoms with Gasteiger partial charge in [0, 0.05) is 20.1 Å². The van der Waals surface area contributed by atoms with Crippen molar-refractivity contribution in [1.82, 2.24) is 9.78 Å². The summed E-state index contributed by atoms with van der Waals surface area (Å²) >= 11 is 0. The Morgan fingerprint density at radius 3 is 2.64 bits per heavy atom. The lowest BCUT2D eigenvalue weighted by atomic mass is 9.80. The molecule has 78 valence electrons. The molecule has 4 nitrogen and oxygen atoms in total. The average Bonchev–Trinajstić information content (AvgIpc) is 2.32.